The van der Waals surface area contributed by atoms with Crippen molar-refractivity contribution in [2.75, 3.05) is 19.6 Å². The highest BCUT2D eigenvalue weighted by molar-refractivity contribution is 9.10. The molecule has 0 saturated carbocycles. The number of aryl methyl sites for hydroxylation is 1. The van der Waals surface area contributed by atoms with Gasteiger partial charge in [-0.1, -0.05) is 54.0 Å². The van der Waals surface area contributed by atoms with Crippen molar-refractivity contribution in [1.82, 2.24) is 9.80 Å². The zero-order chi connectivity index (χ0) is 23.5. The molecule has 1 aromatic heterocycles. The molecule has 1 atom stereocenters. The molecule has 33 heavy (non-hydrogen) atoms. The molecule has 0 fully saturated rings. The lowest BCUT2D eigenvalue weighted by Gasteiger charge is -2.38. The van der Waals surface area contributed by atoms with Crippen molar-refractivity contribution in [2.45, 2.75) is 33.2 Å². The van der Waals surface area contributed by atoms with Gasteiger partial charge in [0, 0.05) is 28.0 Å². The largest absolute Gasteiger partial charge is 0.330 e. The first-order valence-electron chi connectivity index (χ1n) is 11.3. The Bertz CT molecular complexity index is 1140. The summed E-state index contributed by atoms with van der Waals surface area (Å²) in [5.74, 6) is 0.144. The average molecular weight is 526 g/mol. The zero-order valence-corrected chi connectivity index (χ0v) is 21.7. The molecule has 2 amide bonds. The quantitative estimate of drug-likeness (QED) is 0.391. The highest BCUT2D eigenvalue weighted by Gasteiger charge is 2.34. The van der Waals surface area contributed by atoms with Gasteiger partial charge in [0.2, 0.25) is 5.91 Å². The summed E-state index contributed by atoms with van der Waals surface area (Å²) in [6.45, 7) is 7.51. The predicted octanol–water partition coefficient (Wildman–Crippen LogP) is 6.09. The van der Waals surface area contributed by atoms with E-state index in [1.54, 1.807) is 28.4 Å². The maximum absolute atomic E-state index is 13.7. The van der Waals surface area contributed by atoms with Gasteiger partial charge in [-0.15, -0.1) is 11.3 Å². The summed E-state index contributed by atoms with van der Waals surface area (Å²) in [7, 11) is 0. The van der Waals surface area contributed by atoms with E-state index in [0.29, 0.717) is 18.7 Å². The van der Waals surface area contributed by atoms with Crippen LogP contribution in [0.3, 0.4) is 0 Å². The molecule has 0 spiro atoms. The molecule has 3 aromatic rings. The lowest BCUT2D eigenvalue weighted by atomic mass is 9.90. The van der Waals surface area contributed by atoms with Gasteiger partial charge in [0.1, 0.15) is 6.54 Å². The fourth-order valence-corrected chi connectivity index (χ4v) is 5.67. The molecule has 0 aliphatic carbocycles. The summed E-state index contributed by atoms with van der Waals surface area (Å²) >= 11 is 5.19. The lowest BCUT2D eigenvalue weighted by Crippen LogP contribution is -2.47. The first-order chi connectivity index (χ1) is 15.8. The zero-order valence-electron chi connectivity index (χ0n) is 19.3. The van der Waals surface area contributed by atoms with E-state index in [4.69, 9.17) is 0 Å². The lowest BCUT2D eigenvalue weighted by molar-refractivity contribution is -0.134. The van der Waals surface area contributed by atoms with Crippen LogP contribution < -0.4 is 0 Å². The Labute approximate surface area is 208 Å². The van der Waals surface area contributed by atoms with Crippen LogP contribution in [0, 0.1) is 12.8 Å². The number of nitrogens with zero attached hydrogens (tertiary/aromatic N) is 2. The summed E-state index contributed by atoms with van der Waals surface area (Å²) in [6, 6.07) is 17.6. The van der Waals surface area contributed by atoms with Crippen molar-refractivity contribution >= 4 is 39.1 Å². The SMILES string of the molecule is Cc1ccccc1[C@@H]1c2ccsc2CCN1C(=O)CN(CC(C)C)C(=O)c1ccc(Br)cc1. The number of hydrogen-bond donors (Lipinski definition) is 0. The maximum Gasteiger partial charge on any atom is 0.254 e. The molecular weight excluding hydrogens is 496 g/mol. The molecule has 0 unspecified atom stereocenters. The molecule has 4 nitrogen and oxygen atoms in total. The summed E-state index contributed by atoms with van der Waals surface area (Å²) < 4.78 is 0.923. The highest BCUT2D eigenvalue weighted by atomic mass is 79.9. The van der Waals surface area contributed by atoms with Crippen LogP contribution in [0.2, 0.25) is 0 Å². The molecule has 2 aromatic carbocycles. The molecule has 0 saturated heterocycles. The highest BCUT2D eigenvalue weighted by Crippen LogP contribution is 2.39. The molecule has 2 heterocycles. The van der Waals surface area contributed by atoms with E-state index in [9.17, 15) is 9.59 Å². The van der Waals surface area contributed by atoms with Gasteiger partial charge in [-0.25, -0.2) is 0 Å². The van der Waals surface area contributed by atoms with E-state index >= 15 is 0 Å². The number of benzene rings is 2. The Morgan fingerprint density at radius 2 is 1.82 bits per heavy atom. The average Bonchev–Trinajstić information content (AvgIpc) is 3.27. The second-order valence-corrected chi connectivity index (χ2v) is 10.9. The van der Waals surface area contributed by atoms with Crippen LogP contribution in [0.5, 0.6) is 0 Å². The van der Waals surface area contributed by atoms with Crippen LogP contribution >= 0.6 is 27.3 Å². The Hall–Kier alpha value is -2.44. The topological polar surface area (TPSA) is 40.6 Å². The number of hydrogen-bond acceptors (Lipinski definition) is 3. The first kappa shape index (κ1) is 23.7. The normalized spacial score (nSPS) is 15.4. The molecule has 1 aliphatic rings. The van der Waals surface area contributed by atoms with Gasteiger partial charge in [-0.05, 0) is 71.7 Å². The molecular formula is C27H29BrN2O2S. The third-order valence-electron chi connectivity index (χ3n) is 6.06. The Kier molecular flexibility index (Phi) is 7.35. The minimum atomic E-state index is -0.114. The molecule has 1 aliphatic heterocycles. The molecule has 4 rings (SSSR count). The van der Waals surface area contributed by atoms with E-state index in [2.05, 4.69) is 60.3 Å². The van der Waals surface area contributed by atoms with Gasteiger partial charge in [0.05, 0.1) is 6.04 Å². The standard InChI is InChI=1S/C27H29BrN2O2S/c1-18(2)16-29(27(32)20-8-10-21(28)11-9-20)17-25(31)30-14-12-24-23(13-15-33-24)26(30)22-7-5-4-6-19(22)3/h4-11,13,15,18,26H,12,14,16-17H2,1-3H3/t26-/m1/s1. The van der Waals surface area contributed by atoms with Gasteiger partial charge in [-0.2, -0.15) is 0 Å². The van der Waals surface area contributed by atoms with Gasteiger partial charge in [-0.3, -0.25) is 9.59 Å². The maximum atomic E-state index is 13.7. The molecule has 0 N–H and O–H groups in total. The molecule has 0 radical (unpaired) electrons. The number of rotatable bonds is 6. The molecule has 6 heteroatoms. The first-order valence-corrected chi connectivity index (χ1v) is 13.0. The van der Waals surface area contributed by atoms with E-state index < -0.39 is 0 Å². The summed E-state index contributed by atoms with van der Waals surface area (Å²) in [5.41, 5.74) is 4.13. The number of thiophene rings is 1. The smallest absolute Gasteiger partial charge is 0.254 e. The van der Waals surface area contributed by atoms with Gasteiger partial charge < -0.3 is 9.80 Å². The fourth-order valence-electron chi connectivity index (χ4n) is 4.50. The van der Waals surface area contributed by atoms with Crippen molar-refractivity contribution in [3.63, 3.8) is 0 Å². The fraction of sp³-hybridized carbons (Fsp3) is 0.333. The van der Waals surface area contributed by atoms with Gasteiger partial charge >= 0.3 is 0 Å². The second-order valence-electron chi connectivity index (χ2n) is 8.98. The summed E-state index contributed by atoms with van der Waals surface area (Å²) in [4.78, 5) is 32.1. The van der Waals surface area contributed by atoms with E-state index in [1.165, 1.54) is 16.0 Å². The number of carbonyl (C=O) groups excluding carboxylic acids is 2. The number of halogens is 1. The van der Waals surface area contributed by atoms with Gasteiger partial charge in [0.15, 0.2) is 0 Å². The number of amides is 2. The van der Waals surface area contributed by atoms with Crippen molar-refractivity contribution in [1.29, 1.82) is 0 Å². The van der Waals surface area contributed by atoms with E-state index in [-0.39, 0.29) is 30.3 Å². The van der Waals surface area contributed by atoms with Crippen molar-refractivity contribution < 1.29 is 9.59 Å². The van der Waals surface area contributed by atoms with Crippen LogP contribution in [0.15, 0.2) is 64.5 Å². The minimum absolute atomic E-state index is 0.00813. The van der Waals surface area contributed by atoms with E-state index in [0.717, 1.165) is 16.5 Å². The van der Waals surface area contributed by atoms with Crippen LogP contribution in [0.1, 0.15) is 51.8 Å². The third kappa shape index (κ3) is 5.22. The van der Waals surface area contributed by atoms with Crippen LogP contribution in [0.4, 0.5) is 0 Å². The Balaban J connectivity index is 1.63. The number of fused-ring (bicyclic) bond motifs is 1. The monoisotopic (exact) mass is 524 g/mol. The van der Waals surface area contributed by atoms with E-state index in [1.807, 2.05) is 29.2 Å². The summed E-state index contributed by atoms with van der Waals surface area (Å²) in [5, 5.41) is 2.12. The number of carbonyl (C=O) groups is 2. The molecule has 172 valence electrons. The summed E-state index contributed by atoms with van der Waals surface area (Å²) in [6.07, 6.45) is 0.853. The van der Waals surface area contributed by atoms with Crippen LogP contribution in [-0.2, 0) is 11.2 Å². The van der Waals surface area contributed by atoms with Crippen molar-refractivity contribution in [3.8, 4) is 0 Å². The van der Waals surface area contributed by atoms with Gasteiger partial charge in [0.25, 0.3) is 5.91 Å². The second kappa shape index (κ2) is 10.2. The van der Waals surface area contributed by atoms with Crippen molar-refractivity contribution in [2.24, 2.45) is 5.92 Å². The Morgan fingerprint density at radius 1 is 1.09 bits per heavy atom. The Morgan fingerprint density at radius 3 is 2.52 bits per heavy atom. The van der Waals surface area contributed by atoms with Crippen LogP contribution in [0.25, 0.3) is 0 Å². The minimum Gasteiger partial charge on any atom is -0.330 e. The molecule has 0 bridgehead atoms. The van der Waals surface area contributed by atoms with Crippen LogP contribution in [-0.4, -0.2) is 41.2 Å². The third-order valence-corrected chi connectivity index (χ3v) is 7.58. The van der Waals surface area contributed by atoms with Crippen molar-refractivity contribution in [3.05, 3.63) is 91.6 Å². The predicted molar refractivity (Wildman–Crippen MR) is 138 cm³/mol.